The standard InChI is InChI=1S/C2H7BN2/c1-4-3-5-2/h4H,1-2H3. The van der Waals surface area contributed by atoms with Gasteiger partial charge in [-0.05, 0) is 0 Å². The van der Waals surface area contributed by atoms with E-state index in [1.54, 1.807) is 14.3 Å². The molecule has 0 aromatic carbocycles. The van der Waals surface area contributed by atoms with Crippen LogP contribution in [0.15, 0.2) is 4.90 Å². The van der Waals surface area contributed by atoms with Crippen LogP contribution < -0.4 is 5.23 Å². The van der Waals surface area contributed by atoms with Crippen molar-refractivity contribution in [2.45, 2.75) is 0 Å². The molecule has 0 saturated carbocycles. The number of nitrogens with zero attached hydrogens (tertiary/aromatic N) is 1. The second-order valence-corrected chi connectivity index (χ2v) is 0.676. The molecule has 0 aliphatic rings. The zero-order valence-corrected chi connectivity index (χ0v) is 3.52. The first-order chi connectivity index (χ1) is 2.41. The summed E-state index contributed by atoms with van der Waals surface area (Å²) in [6.45, 7) is 0. The van der Waals surface area contributed by atoms with Gasteiger partial charge in [0.2, 0.25) is 0 Å². The minimum atomic E-state index is 1.62. The summed E-state index contributed by atoms with van der Waals surface area (Å²) in [5.74, 6) is 0. The van der Waals surface area contributed by atoms with E-state index in [0.717, 1.165) is 0 Å². The van der Waals surface area contributed by atoms with Crippen LogP contribution in [0.1, 0.15) is 0 Å². The third-order valence-electron chi connectivity index (χ3n) is 0.258. The first-order valence-corrected chi connectivity index (χ1v) is 1.49. The van der Waals surface area contributed by atoms with Gasteiger partial charge in [0.25, 0.3) is 0 Å². The Morgan fingerprint density at radius 3 is 2.40 bits per heavy atom. The molecule has 28 valence electrons. The second kappa shape index (κ2) is 3.66. The van der Waals surface area contributed by atoms with Crippen molar-refractivity contribution < 1.29 is 0 Å². The predicted molar refractivity (Wildman–Crippen MR) is 23.2 cm³/mol. The summed E-state index contributed by atoms with van der Waals surface area (Å²) in [7, 11) is 5.16. The van der Waals surface area contributed by atoms with Crippen molar-refractivity contribution in [2.75, 3.05) is 14.1 Å². The van der Waals surface area contributed by atoms with Crippen LogP contribution >= 0.6 is 0 Å². The Kier molecular flexibility index (Phi) is 3.42. The van der Waals surface area contributed by atoms with E-state index in [0.29, 0.717) is 0 Å². The maximum atomic E-state index is 3.62. The van der Waals surface area contributed by atoms with E-state index < -0.39 is 0 Å². The van der Waals surface area contributed by atoms with Gasteiger partial charge in [-0.25, -0.2) is 0 Å². The fourth-order valence-corrected chi connectivity index (χ4v) is 0.129. The SMILES string of the molecule is CN=BNC. The van der Waals surface area contributed by atoms with E-state index in [9.17, 15) is 0 Å². The van der Waals surface area contributed by atoms with Gasteiger partial charge in [-0.2, -0.15) is 0 Å². The van der Waals surface area contributed by atoms with Gasteiger partial charge in [-0.1, -0.05) is 0 Å². The van der Waals surface area contributed by atoms with Crippen molar-refractivity contribution in [3.63, 3.8) is 0 Å². The van der Waals surface area contributed by atoms with Crippen LogP contribution in [0.5, 0.6) is 0 Å². The van der Waals surface area contributed by atoms with E-state index >= 15 is 0 Å². The van der Waals surface area contributed by atoms with Gasteiger partial charge < -0.3 is 0 Å². The molecular formula is C2H7BN2. The molecule has 0 fully saturated rings. The molecule has 5 heavy (non-hydrogen) atoms. The van der Waals surface area contributed by atoms with Crippen LogP contribution in [-0.4, -0.2) is 21.3 Å². The van der Waals surface area contributed by atoms with Gasteiger partial charge in [0.05, 0.1) is 0 Å². The molecule has 0 unspecified atom stereocenters. The number of hydrogen-bond donors (Lipinski definition) is 1. The Balaban J connectivity index is 2.62. The van der Waals surface area contributed by atoms with Crippen molar-refractivity contribution in [2.24, 2.45) is 4.90 Å². The molecule has 1 N–H and O–H groups in total. The number of rotatable bonds is 1. The van der Waals surface area contributed by atoms with Gasteiger partial charge in [0.15, 0.2) is 0 Å². The van der Waals surface area contributed by atoms with E-state index in [-0.39, 0.29) is 0 Å². The zero-order valence-electron chi connectivity index (χ0n) is 3.52. The molecular weight excluding hydrogens is 62.8 g/mol. The molecule has 0 amide bonds. The maximum absolute atomic E-state index is 3.62. The molecule has 0 aromatic heterocycles. The summed E-state index contributed by atoms with van der Waals surface area (Å²) in [4.78, 5) is 3.62. The fraction of sp³-hybridized carbons (Fsp3) is 1.00. The van der Waals surface area contributed by atoms with E-state index in [1.807, 2.05) is 7.05 Å². The van der Waals surface area contributed by atoms with Crippen molar-refractivity contribution in [1.29, 1.82) is 0 Å². The summed E-state index contributed by atoms with van der Waals surface area (Å²) in [6, 6.07) is 0. The summed E-state index contributed by atoms with van der Waals surface area (Å²) in [5, 5.41) is 2.73. The fourth-order valence-electron chi connectivity index (χ4n) is 0.129. The molecule has 0 rings (SSSR count). The minimum absolute atomic E-state index is 1.62. The van der Waals surface area contributed by atoms with Gasteiger partial charge in [-0.3, -0.25) is 0 Å². The van der Waals surface area contributed by atoms with Crippen molar-refractivity contribution >= 4 is 7.21 Å². The summed E-state index contributed by atoms with van der Waals surface area (Å²) >= 11 is 0. The van der Waals surface area contributed by atoms with Crippen LogP contribution in [0.25, 0.3) is 0 Å². The predicted octanol–water partition coefficient (Wildman–Crippen LogP) is -0.362. The molecule has 3 heteroatoms. The quantitative estimate of drug-likeness (QED) is 0.418. The first-order valence-electron chi connectivity index (χ1n) is 1.49. The van der Waals surface area contributed by atoms with Crippen molar-refractivity contribution in [3.8, 4) is 0 Å². The van der Waals surface area contributed by atoms with Gasteiger partial charge in [-0.15, -0.1) is 0 Å². The van der Waals surface area contributed by atoms with Crippen LogP contribution in [0.3, 0.4) is 0 Å². The number of nitrogens with one attached hydrogen (secondary N) is 1. The molecule has 0 radical (unpaired) electrons. The van der Waals surface area contributed by atoms with E-state index in [2.05, 4.69) is 10.1 Å². The van der Waals surface area contributed by atoms with Crippen LogP contribution in [-0.2, 0) is 0 Å². The third-order valence-corrected chi connectivity index (χ3v) is 0.258. The average molecular weight is 69.9 g/mol. The molecule has 0 aliphatic heterocycles. The molecule has 0 atom stereocenters. The normalized spacial score (nSPS) is 7.60. The Morgan fingerprint density at radius 1 is 1.80 bits per heavy atom. The Hall–Kier alpha value is -0.335. The molecule has 0 spiro atoms. The summed E-state index contributed by atoms with van der Waals surface area (Å²) < 4.78 is 0. The van der Waals surface area contributed by atoms with Gasteiger partial charge in [0.1, 0.15) is 0 Å². The summed E-state index contributed by atoms with van der Waals surface area (Å²) in [6.07, 6.45) is 0. The monoisotopic (exact) mass is 70.1 g/mol. The van der Waals surface area contributed by atoms with E-state index in [1.165, 1.54) is 0 Å². The molecule has 0 aliphatic carbocycles. The van der Waals surface area contributed by atoms with Crippen LogP contribution in [0.2, 0.25) is 0 Å². The Morgan fingerprint density at radius 2 is 2.40 bits per heavy atom. The van der Waals surface area contributed by atoms with Crippen LogP contribution in [0.4, 0.5) is 0 Å². The van der Waals surface area contributed by atoms with Gasteiger partial charge in [0, 0.05) is 0 Å². The van der Waals surface area contributed by atoms with Crippen molar-refractivity contribution in [1.82, 2.24) is 5.23 Å². The van der Waals surface area contributed by atoms with Crippen molar-refractivity contribution in [3.05, 3.63) is 0 Å². The van der Waals surface area contributed by atoms with Gasteiger partial charge >= 0.3 is 31.4 Å². The van der Waals surface area contributed by atoms with E-state index in [4.69, 9.17) is 0 Å². The molecule has 0 heterocycles. The Bertz CT molecular complexity index is 34.6. The molecule has 0 bridgehead atoms. The summed E-state index contributed by atoms with van der Waals surface area (Å²) in [5.41, 5.74) is 0. The number of hydrogen-bond acceptors (Lipinski definition) is 1. The Labute approximate surface area is 32.6 Å². The molecule has 2 nitrogen and oxygen atoms in total. The second-order valence-electron chi connectivity index (χ2n) is 0.676. The third kappa shape index (κ3) is 3.66. The van der Waals surface area contributed by atoms with Crippen LogP contribution in [0, 0.1) is 0 Å². The molecule has 0 saturated heterocycles. The average Bonchev–Trinajstić information content (AvgIpc) is 1.41. The first kappa shape index (κ1) is 4.66. The topological polar surface area (TPSA) is 24.4 Å². The zero-order chi connectivity index (χ0) is 4.12. The molecule has 0 aromatic rings.